The Balaban J connectivity index is 1.98. The highest BCUT2D eigenvalue weighted by molar-refractivity contribution is 8.00. The van der Waals surface area contributed by atoms with Gasteiger partial charge >= 0.3 is 0 Å². The maximum Gasteiger partial charge on any atom is 0.0876 e. The van der Waals surface area contributed by atoms with E-state index in [1.54, 1.807) is 0 Å². The molecule has 0 aliphatic carbocycles. The molecule has 2 heterocycles. The molecule has 0 aromatic carbocycles. The van der Waals surface area contributed by atoms with Crippen LogP contribution in [0.4, 0.5) is 0 Å². The average molecular weight is 227 g/mol. The average Bonchev–Trinajstić information content (AvgIpc) is 2.33. The van der Waals surface area contributed by atoms with Crippen molar-refractivity contribution in [3.05, 3.63) is 11.8 Å². The summed E-state index contributed by atoms with van der Waals surface area (Å²) in [6.45, 7) is 0.901. The summed E-state index contributed by atoms with van der Waals surface area (Å²) in [5.74, 6) is 1.33. The van der Waals surface area contributed by atoms with Crippen molar-refractivity contribution in [1.29, 1.82) is 0 Å². The van der Waals surface area contributed by atoms with Crippen LogP contribution in [-0.4, -0.2) is 30.7 Å². The van der Waals surface area contributed by atoms with E-state index in [9.17, 15) is 0 Å². The van der Waals surface area contributed by atoms with E-state index in [4.69, 9.17) is 4.74 Å². The lowest BCUT2D eigenvalue weighted by atomic mass is 9.96. The van der Waals surface area contributed by atoms with Gasteiger partial charge in [-0.25, -0.2) is 0 Å². The predicted molar refractivity (Wildman–Crippen MR) is 66.2 cm³/mol. The van der Waals surface area contributed by atoms with Crippen LogP contribution in [0, 0.1) is 0 Å². The molecule has 2 aliphatic heterocycles. The van der Waals surface area contributed by atoms with Crippen LogP contribution in [0.3, 0.4) is 0 Å². The largest absolute Gasteiger partial charge is 0.501 e. The minimum atomic E-state index is 0.538. The van der Waals surface area contributed by atoms with Gasteiger partial charge in [-0.3, -0.25) is 0 Å². The van der Waals surface area contributed by atoms with E-state index in [1.165, 1.54) is 43.4 Å². The lowest BCUT2D eigenvalue weighted by molar-refractivity contribution is 0.219. The Morgan fingerprint density at radius 3 is 3.00 bits per heavy atom. The first-order valence-corrected chi connectivity index (χ1v) is 7.06. The van der Waals surface area contributed by atoms with Crippen LogP contribution in [0.2, 0.25) is 0 Å². The summed E-state index contributed by atoms with van der Waals surface area (Å²) in [6.07, 6.45) is 8.54. The summed E-state index contributed by atoms with van der Waals surface area (Å²) >= 11 is 2.13. The molecule has 1 N–H and O–H groups in total. The van der Waals surface area contributed by atoms with Gasteiger partial charge in [0.2, 0.25) is 0 Å². The molecule has 0 aromatic heterocycles. The summed E-state index contributed by atoms with van der Waals surface area (Å²) in [7, 11) is 2.08. The van der Waals surface area contributed by atoms with Crippen LogP contribution in [0.5, 0.6) is 0 Å². The van der Waals surface area contributed by atoms with Crippen molar-refractivity contribution in [2.75, 3.05) is 19.4 Å². The summed E-state index contributed by atoms with van der Waals surface area (Å²) in [6, 6.07) is 0.538. The molecule has 15 heavy (non-hydrogen) atoms. The van der Waals surface area contributed by atoms with Crippen molar-refractivity contribution >= 4 is 11.8 Å². The Hall–Kier alpha value is -0.150. The smallest absolute Gasteiger partial charge is 0.0876 e. The number of likely N-dealkylation sites (N-methyl/N-ethyl adjacent to an activating group) is 1. The first-order chi connectivity index (χ1) is 7.42. The van der Waals surface area contributed by atoms with Crippen LogP contribution in [-0.2, 0) is 4.74 Å². The molecule has 3 heteroatoms. The standard InChI is InChI=1S/C12H21NOS/c1-13-12(10-5-4-7-14-9-10)11-6-2-3-8-15-11/h9,11-13H,2-8H2,1H3. The summed E-state index contributed by atoms with van der Waals surface area (Å²) in [4.78, 5) is 0. The molecule has 86 valence electrons. The second-order valence-corrected chi connectivity index (χ2v) is 5.69. The number of nitrogens with one attached hydrogen (secondary N) is 1. The third kappa shape index (κ3) is 2.91. The highest BCUT2D eigenvalue weighted by Gasteiger charge is 2.26. The molecule has 2 unspecified atom stereocenters. The fourth-order valence-electron chi connectivity index (χ4n) is 2.45. The van der Waals surface area contributed by atoms with E-state index in [2.05, 4.69) is 24.1 Å². The monoisotopic (exact) mass is 227 g/mol. The lowest BCUT2D eigenvalue weighted by Gasteiger charge is -2.32. The molecular formula is C12H21NOS. The van der Waals surface area contributed by atoms with E-state index < -0.39 is 0 Å². The zero-order valence-electron chi connectivity index (χ0n) is 9.50. The number of rotatable bonds is 3. The molecule has 0 bridgehead atoms. The Kier molecular flexibility index (Phi) is 4.39. The van der Waals surface area contributed by atoms with E-state index in [0.29, 0.717) is 6.04 Å². The fraction of sp³-hybridized carbons (Fsp3) is 0.833. The number of ether oxygens (including phenoxy) is 1. The van der Waals surface area contributed by atoms with Crippen LogP contribution >= 0.6 is 11.8 Å². The van der Waals surface area contributed by atoms with Crippen LogP contribution in [0.25, 0.3) is 0 Å². The Bertz CT molecular complexity index is 224. The molecule has 2 atom stereocenters. The second kappa shape index (κ2) is 5.80. The molecular weight excluding hydrogens is 206 g/mol. The summed E-state index contributed by atoms with van der Waals surface area (Å²) in [5.41, 5.74) is 1.48. The second-order valence-electron chi connectivity index (χ2n) is 4.34. The number of thioether (sulfide) groups is 1. The Labute approximate surface area is 96.8 Å². The molecule has 2 nitrogen and oxygen atoms in total. The number of hydrogen-bond donors (Lipinski definition) is 1. The molecule has 0 aromatic rings. The van der Waals surface area contributed by atoms with E-state index in [-0.39, 0.29) is 0 Å². The SMILES string of the molecule is CNC(C1=COCCC1)C1CCCCS1. The number of hydrogen-bond acceptors (Lipinski definition) is 3. The maximum absolute atomic E-state index is 5.44. The first-order valence-electron chi connectivity index (χ1n) is 6.01. The third-order valence-corrected chi connectivity index (χ3v) is 4.72. The summed E-state index contributed by atoms with van der Waals surface area (Å²) < 4.78 is 5.44. The molecule has 2 aliphatic rings. The molecule has 0 spiro atoms. The van der Waals surface area contributed by atoms with Crippen molar-refractivity contribution < 1.29 is 4.74 Å². The minimum absolute atomic E-state index is 0.538. The van der Waals surface area contributed by atoms with Gasteiger partial charge in [0.25, 0.3) is 0 Å². The zero-order valence-corrected chi connectivity index (χ0v) is 10.3. The van der Waals surface area contributed by atoms with Gasteiger partial charge in [0.05, 0.1) is 12.9 Å². The van der Waals surface area contributed by atoms with Crippen molar-refractivity contribution in [2.45, 2.75) is 43.4 Å². The quantitative estimate of drug-likeness (QED) is 0.800. The van der Waals surface area contributed by atoms with Gasteiger partial charge in [0.1, 0.15) is 0 Å². The zero-order chi connectivity index (χ0) is 10.5. The minimum Gasteiger partial charge on any atom is -0.501 e. The fourth-order valence-corrected chi connectivity index (χ4v) is 3.96. The third-order valence-electron chi connectivity index (χ3n) is 3.26. The van der Waals surface area contributed by atoms with Crippen molar-refractivity contribution in [3.8, 4) is 0 Å². The topological polar surface area (TPSA) is 21.3 Å². The van der Waals surface area contributed by atoms with Gasteiger partial charge in [0, 0.05) is 11.3 Å². The Morgan fingerprint density at radius 2 is 2.40 bits per heavy atom. The first kappa shape index (κ1) is 11.3. The Morgan fingerprint density at radius 1 is 1.47 bits per heavy atom. The molecule has 1 saturated heterocycles. The van der Waals surface area contributed by atoms with Crippen molar-refractivity contribution in [3.63, 3.8) is 0 Å². The highest BCUT2D eigenvalue weighted by Crippen LogP contribution is 2.32. The molecule has 2 rings (SSSR count). The van der Waals surface area contributed by atoms with Crippen molar-refractivity contribution in [1.82, 2.24) is 5.32 Å². The van der Waals surface area contributed by atoms with E-state index >= 15 is 0 Å². The highest BCUT2D eigenvalue weighted by atomic mass is 32.2. The van der Waals surface area contributed by atoms with Crippen LogP contribution in [0.1, 0.15) is 32.1 Å². The van der Waals surface area contributed by atoms with Crippen LogP contribution < -0.4 is 5.32 Å². The maximum atomic E-state index is 5.44. The van der Waals surface area contributed by atoms with Gasteiger partial charge in [-0.2, -0.15) is 11.8 Å². The van der Waals surface area contributed by atoms with Crippen molar-refractivity contribution in [2.24, 2.45) is 0 Å². The summed E-state index contributed by atoms with van der Waals surface area (Å²) in [5, 5.41) is 4.23. The molecule has 0 saturated carbocycles. The van der Waals surface area contributed by atoms with Gasteiger partial charge in [-0.05, 0) is 44.1 Å². The van der Waals surface area contributed by atoms with E-state index in [1.807, 2.05) is 6.26 Å². The molecule has 0 radical (unpaired) electrons. The molecule has 1 fully saturated rings. The normalized spacial score (nSPS) is 29.1. The van der Waals surface area contributed by atoms with E-state index in [0.717, 1.165) is 11.9 Å². The lowest BCUT2D eigenvalue weighted by Crippen LogP contribution is -2.39. The van der Waals surface area contributed by atoms with Gasteiger partial charge in [-0.1, -0.05) is 6.42 Å². The molecule has 0 amide bonds. The van der Waals surface area contributed by atoms with Gasteiger partial charge < -0.3 is 10.1 Å². The predicted octanol–water partition coefficient (Wildman–Crippen LogP) is 2.55. The van der Waals surface area contributed by atoms with Gasteiger partial charge in [0.15, 0.2) is 0 Å². The van der Waals surface area contributed by atoms with Gasteiger partial charge in [-0.15, -0.1) is 0 Å². The van der Waals surface area contributed by atoms with Crippen LogP contribution in [0.15, 0.2) is 11.8 Å².